The van der Waals surface area contributed by atoms with Crippen LogP contribution in [-0.4, -0.2) is 16.6 Å². The monoisotopic (exact) mass is 358 g/mol. The molecule has 26 heavy (non-hydrogen) atoms. The highest BCUT2D eigenvalue weighted by molar-refractivity contribution is 5.59. The van der Waals surface area contributed by atoms with Crippen molar-refractivity contribution in [3.05, 3.63) is 42.1 Å². The van der Waals surface area contributed by atoms with Crippen LogP contribution in [0.5, 0.6) is 5.75 Å². The molecule has 0 fully saturated rings. The third-order valence-corrected chi connectivity index (χ3v) is 4.52. The van der Waals surface area contributed by atoms with Gasteiger partial charge in [0.2, 0.25) is 0 Å². The summed E-state index contributed by atoms with van der Waals surface area (Å²) in [7, 11) is 0. The lowest BCUT2D eigenvalue weighted by Crippen LogP contribution is -1.96. The maximum Gasteiger partial charge on any atom is 0.165 e. The Hall–Kier alpha value is -1.97. The molecule has 1 aromatic carbocycles. The van der Waals surface area contributed by atoms with Crippen molar-refractivity contribution in [1.29, 1.82) is 0 Å². The standard InChI is InChI=1S/C22H31FN2O/c1-3-5-6-7-8-9-10-11-12-19-16-25-21(17-24-19)18-13-14-22(26-4-2)20(23)15-18/h13-17H,3-12H2,1-2H3. The lowest BCUT2D eigenvalue weighted by molar-refractivity contribution is 0.321. The summed E-state index contributed by atoms with van der Waals surface area (Å²) in [4.78, 5) is 8.93. The second-order valence-corrected chi connectivity index (χ2v) is 6.70. The minimum absolute atomic E-state index is 0.274. The van der Waals surface area contributed by atoms with E-state index in [-0.39, 0.29) is 11.6 Å². The average molecular weight is 359 g/mol. The number of ether oxygens (including phenoxy) is 1. The second-order valence-electron chi connectivity index (χ2n) is 6.70. The summed E-state index contributed by atoms with van der Waals surface area (Å²) in [6, 6.07) is 4.91. The van der Waals surface area contributed by atoms with E-state index in [9.17, 15) is 4.39 Å². The van der Waals surface area contributed by atoms with Crippen molar-refractivity contribution >= 4 is 0 Å². The topological polar surface area (TPSA) is 35.0 Å². The summed E-state index contributed by atoms with van der Waals surface area (Å²) in [6.45, 7) is 4.53. The van der Waals surface area contributed by atoms with Crippen molar-refractivity contribution < 1.29 is 9.13 Å². The van der Waals surface area contributed by atoms with E-state index in [2.05, 4.69) is 16.9 Å². The number of benzene rings is 1. The van der Waals surface area contributed by atoms with E-state index >= 15 is 0 Å². The predicted molar refractivity (Wildman–Crippen MR) is 105 cm³/mol. The number of aryl methyl sites for hydroxylation is 1. The smallest absolute Gasteiger partial charge is 0.165 e. The van der Waals surface area contributed by atoms with Gasteiger partial charge >= 0.3 is 0 Å². The molecule has 3 nitrogen and oxygen atoms in total. The zero-order valence-corrected chi connectivity index (χ0v) is 16.1. The highest BCUT2D eigenvalue weighted by Crippen LogP contribution is 2.24. The van der Waals surface area contributed by atoms with Crippen LogP contribution in [0.25, 0.3) is 11.3 Å². The maximum absolute atomic E-state index is 14.0. The van der Waals surface area contributed by atoms with Gasteiger partial charge in [-0.2, -0.15) is 0 Å². The number of nitrogens with zero attached hydrogens (tertiary/aromatic N) is 2. The molecule has 0 spiro atoms. The fraction of sp³-hybridized carbons (Fsp3) is 0.545. The number of aromatic nitrogens is 2. The number of rotatable bonds is 12. The van der Waals surface area contributed by atoms with Gasteiger partial charge in [-0.25, -0.2) is 4.39 Å². The molecule has 1 aromatic heterocycles. The first-order chi connectivity index (χ1) is 12.7. The van der Waals surface area contributed by atoms with Crippen LogP contribution in [0.2, 0.25) is 0 Å². The molecule has 2 rings (SSSR count). The summed E-state index contributed by atoms with van der Waals surface area (Å²) >= 11 is 0. The van der Waals surface area contributed by atoms with Gasteiger partial charge in [0.1, 0.15) is 0 Å². The number of hydrogen-bond donors (Lipinski definition) is 0. The summed E-state index contributed by atoms with van der Waals surface area (Å²) in [6.07, 6.45) is 14.9. The van der Waals surface area contributed by atoms with Gasteiger partial charge in [-0.3, -0.25) is 9.97 Å². The molecule has 0 saturated heterocycles. The molecule has 0 aliphatic carbocycles. The SMILES string of the molecule is CCCCCCCCCCc1cnc(-c2ccc(OCC)c(F)c2)cn1. The molecule has 0 aliphatic heterocycles. The van der Waals surface area contributed by atoms with E-state index in [1.807, 2.05) is 19.2 Å². The normalized spacial score (nSPS) is 10.9. The van der Waals surface area contributed by atoms with E-state index < -0.39 is 0 Å². The summed E-state index contributed by atoms with van der Waals surface area (Å²) in [5.74, 6) is -0.0929. The van der Waals surface area contributed by atoms with Gasteiger partial charge in [-0.1, -0.05) is 51.9 Å². The summed E-state index contributed by atoms with van der Waals surface area (Å²) in [5, 5.41) is 0. The molecule has 0 atom stereocenters. The molecule has 1 heterocycles. The van der Waals surface area contributed by atoms with Crippen LogP contribution in [0.3, 0.4) is 0 Å². The van der Waals surface area contributed by atoms with Crippen LogP contribution in [0.4, 0.5) is 4.39 Å². The van der Waals surface area contributed by atoms with Gasteiger partial charge in [-0.05, 0) is 38.0 Å². The highest BCUT2D eigenvalue weighted by Gasteiger charge is 2.07. The second kappa shape index (κ2) is 11.6. The van der Waals surface area contributed by atoms with Gasteiger partial charge in [0.25, 0.3) is 0 Å². The third-order valence-electron chi connectivity index (χ3n) is 4.52. The average Bonchev–Trinajstić information content (AvgIpc) is 2.66. The maximum atomic E-state index is 14.0. The Morgan fingerprint density at radius 3 is 2.23 bits per heavy atom. The largest absolute Gasteiger partial charge is 0.491 e. The van der Waals surface area contributed by atoms with E-state index in [1.54, 1.807) is 12.3 Å². The first-order valence-electron chi connectivity index (χ1n) is 9.98. The van der Waals surface area contributed by atoms with Crippen molar-refractivity contribution in [2.24, 2.45) is 0 Å². The molecule has 0 aliphatic rings. The van der Waals surface area contributed by atoms with Crippen LogP contribution in [0.15, 0.2) is 30.6 Å². The van der Waals surface area contributed by atoms with Crippen LogP contribution in [-0.2, 0) is 6.42 Å². The lowest BCUT2D eigenvalue weighted by atomic mass is 10.1. The fourth-order valence-electron chi connectivity index (χ4n) is 3.01. The van der Waals surface area contributed by atoms with Gasteiger partial charge < -0.3 is 4.74 Å². The van der Waals surface area contributed by atoms with Gasteiger partial charge in [-0.15, -0.1) is 0 Å². The minimum atomic E-state index is -0.367. The van der Waals surface area contributed by atoms with Crippen LogP contribution in [0.1, 0.15) is 70.9 Å². The Bertz CT molecular complexity index is 643. The molecular weight excluding hydrogens is 327 g/mol. The third kappa shape index (κ3) is 6.74. The Morgan fingerprint density at radius 2 is 1.62 bits per heavy atom. The van der Waals surface area contributed by atoms with Crippen LogP contribution >= 0.6 is 0 Å². The Balaban J connectivity index is 1.77. The number of hydrogen-bond acceptors (Lipinski definition) is 3. The Morgan fingerprint density at radius 1 is 0.885 bits per heavy atom. The van der Waals surface area contributed by atoms with Crippen molar-refractivity contribution in [2.45, 2.75) is 71.6 Å². The first-order valence-corrected chi connectivity index (χ1v) is 9.98. The van der Waals surface area contributed by atoms with Gasteiger partial charge in [0.05, 0.1) is 24.2 Å². The zero-order valence-electron chi connectivity index (χ0n) is 16.1. The predicted octanol–water partition coefficient (Wildman–Crippen LogP) is 6.36. The number of halogens is 1. The van der Waals surface area contributed by atoms with E-state index in [0.29, 0.717) is 12.3 Å². The first kappa shape index (κ1) is 20.3. The van der Waals surface area contributed by atoms with Crippen molar-refractivity contribution in [2.75, 3.05) is 6.61 Å². The molecule has 0 radical (unpaired) electrons. The molecule has 0 amide bonds. The molecule has 0 bridgehead atoms. The molecule has 2 aromatic rings. The Kier molecular flexibility index (Phi) is 9.08. The van der Waals surface area contributed by atoms with Crippen molar-refractivity contribution in [3.63, 3.8) is 0 Å². The highest BCUT2D eigenvalue weighted by atomic mass is 19.1. The van der Waals surface area contributed by atoms with Crippen LogP contribution < -0.4 is 4.74 Å². The van der Waals surface area contributed by atoms with Crippen molar-refractivity contribution in [3.8, 4) is 17.0 Å². The molecule has 0 N–H and O–H groups in total. The summed E-state index contributed by atoms with van der Waals surface area (Å²) in [5.41, 5.74) is 2.41. The molecule has 0 saturated carbocycles. The molecule has 0 unspecified atom stereocenters. The van der Waals surface area contributed by atoms with E-state index in [1.165, 1.54) is 51.0 Å². The van der Waals surface area contributed by atoms with E-state index in [0.717, 1.165) is 24.1 Å². The summed E-state index contributed by atoms with van der Waals surface area (Å²) < 4.78 is 19.2. The molecule has 4 heteroatoms. The zero-order chi connectivity index (χ0) is 18.6. The van der Waals surface area contributed by atoms with Crippen LogP contribution in [0, 0.1) is 5.82 Å². The van der Waals surface area contributed by atoms with Gasteiger partial charge in [0, 0.05) is 11.8 Å². The fourth-order valence-corrected chi connectivity index (χ4v) is 3.01. The number of unbranched alkanes of at least 4 members (excludes halogenated alkanes) is 7. The van der Waals surface area contributed by atoms with Crippen molar-refractivity contribution in [1.82, 2.24) is 9.97 Å². The van der Waals surface area contributed by atoms with Gasteiger partial charge in [0.15, 0.2) is 11.6 Å². The quantitative estimate of drug-likeness (QED) is 0.414. The Labute approximate surface area is 157 Å². The molecule has 142 valence electrons. The minimum Gasteiger partial charge on any atom is -0.491 e. The lowest BCUT2D eigenvalue weighted by Gasteiger charge is -2.07. The molecular formula is C22H31FN2O. The van der Waals surface area contributed by atoms with E-state index in [4.69, 9.17) is 4.74 Å².